The fraction of sp³-hybridized carbons (Fsp3) is 0.182. The molecule has 0 unspecified atom stereocenters. The van der Waals surface area contributed by atoms with Gasteiger partial charge >= 0.3 is 11.9 Å². The van der Waals surface area contributed by atoms with Crippen molar-refractivity contribution >= 4 is 11.9 Å². The summed E-state index contributed by atoms with van der Waals surface area (Å²) in [7, 11) is 0. The predicted octanol–water partition coefficient (Wildman–Crippen LogP) is 1.36. The second-order valence-corrected chi connectivity index (χ2v) is 2.68. The fourth-order valence-electron chi connectivity index (χ4n) is 0.860. The Bertz CT molecular complexity index is 332. The summed E-state index contributed by atoms with van der Waals surface area (Å²) in [5.74, 6) is -0.819. The lowest BCUT2D eigenvalue weighted by Gasteiger charge is -2.04. The van der Waals surface area contributed by atoms with Crippen LogP contribution in [0.25, 0.3) is 0 Å². The van der Waals surface area contributed by atoms with Crippen molar-refractivity contribution in [3.8, 4) is 5.75 Å². The van der Waals surface area contributed by atoms with Crippen molar-refractivity contribution < 1.29 is 19.1 Å². The SMILES string of the molecule is C[CH]C(=O)OC(=O)COc1ccccc1. The van der Waals surface area contributed by atoms with Gasteiger partial charge in [0.15, 0.2) is 6.61 Å². The van der Waals surface area contributed by atoms with E-state index in [1.54, 1.807) is 24.3 Å². The van der Waals surface area contributed by atoms with Crippen LogP contribution in [0.2, 0.25) is 0 Å². The molecule has 0 saturated heterocycles. The zero-order valence-corrected chi connectivity index (χ0v) is 8.30. The van der Waals surface area contributed by atoms with E-state index in [4.69, 9.17) is 4.74 Å². The van der Waals surface area contributed by atoms with Gasteiger partial charge in [0, 0.05) is 0 Å². The van der Waals surface area contributed by atoms with Gasteiger partial charge in [-0.1, -0.05) is 25.1 Å². The molecular formula is C11H11O4. The third-order valence-corrected chi connectivity index (χ3v) is 1.55. The maximum Gasteiger partial charge on any atom is 0.351 e. The van der Waals surface area contributed by atoms with E-state index in [-0.39, 0.29) is 6.61 Å². The molecule has 0 spiro atoms. The highest BCUT2D eigenvalue weighted by molar-refractivity contribution is 5.90. The Morgan fingerprint density at radius 3 is 2.53 bits per heavy atom. The first-order valence-corrected chi connectivity index (χ1v) is 4.44. The van der Waals surface area contributed by atoms with E-state index in [1.807, 2.05) is 6.07 Å². The van der Waals surface area contributed by atoms with Crippen molar-refractivity contribution in [3.63, 3.8) is 0 Å². The number of carbonyl (C=O) groups excluding carboxylic acids is 2. The summed E-state index contributed by atoms with van der Waals surface area (Å²) in [6.45, 7) is 1.22. The topological polar surface area (TPSA) is 52.6 Å². The Morgan fingerprint density at radius 2 is 1.93 bits per heavy atom. The molecule has 0 atom stereocenters. The molecule has 1 radical (unpaired) electrons. The van der Waals surface area contributed by atoms with Gasteiger partial charge in [-0.25, -0.2) is 4.79 Å². The summed E-state index contributed by atoms with van der Waals surface area (Å²) in [6, 6.07) is 8.82. The third kappa shape index (κ3) is 4.26. The number of ether oxygens (including phenoxy) is 2. The quantitative estimate of drug-likeness (QED) is 0.552. The normalized spacial score (nSPS) is 9.40. The summed E-state index contributed by atoms with van der Waals surface area (Å²) < 4.78 is 9.44. The molecule has 0 aliphatic carbocycles. The molecule has 0 bridgehead atoms. The minimum absolute atomic E-state index is 0.274. The highest BCUT2D eigenvalue weighted by Crippen LogP contribution is 2.07. The molecule has 0 aliphatic rings. The standard InChI is InChI=1S/C11H11O4/c1-2-10(12)15-11(13)8-14-9-6-4-3-5-7-9/h2-7H,8H2,1H3. The highest BCUT2D eigenvalue weighted by Gasteiger charge is 2.08. The van der Waals surface area contributed by atoms with Crippen molar-refractivity contribution in [3.05, 3.63) is 36.8 Å². The Hall–Kier alpha value is -1.84. The lowest BCUT2D eigenvalue weighted by Crippen LogP contribution is -2.18. The average molecular weight is 207 g/mol. The van der Waals surface area contributed by atoms with Crippen LogP contribution in [-0.2, 0) is 14.3 Å². The maximum absolute atomic E-state index is 11.0. The van der Waals surface area contributed by atoms with E-state index in [9.17, 15) is 9.59 Å². The average Bonchev–Trinajstić information content (AvgIpc) is 2.27. The van der Waals surface area contributed by atoms with E-state index in [2.05, 4.69) is 4.74 Å². The van der Waals surface area contributed by atoms with Crippen LogP contribution in [0.3, 0.4) is 0 Å². The predicted molar refractivity (Wildman–Crippen MR) is 53.0 cm³/mol. The first-order valence-electron chi connectivity index (χ1n) is 4.44. The largest absolute Gasteiger partial charge is 0.482 e. The molecule has 0 fully saturated rings. The van der Waals surface area contributed by atoms with Crippen LogP contribution in [0, 0.1) is 6.42 Å². The number of rotatable bonds is 4. The lowest BCUT2D eigenvalue weighted by atomic mass is 10.3. The van der Waals surface area contributed by atoms with E-state index >= 15 is 0 Å². The second kappa shape index (κ2) is 5.80. The number of para-hydroxylation sites is 1. The summed E-state index contributed by atoms with van der Waals surface area (Å²) in [5, 5.41) is 0. The summed E-state index contributed by atoms with van der Waals surface area (Å²) >= 11 is 0. The molecule has 0 aliphatic heterocycles. The summed E-state index contributed by atoms with van der Waals surface area (Å²) in [5.41, 5.74) is 0. The second-order valence-electron chi connectivity index (χ2n) is 2.68. The van der Waals surface area contributed by atoms with Crippen molar-refractivity contribution in [1.82, 2.24) is 0 Å². The van der Waals surface area contributed by atoms with E-state index < -0.39 is 11.9 Å². The van der Waals surface area contributed by atoms with Gasteiger partial charge in [0.1, 0.15) is 5.75 Å². The minimum atomic E-state index is -0.707. The Kier molecular flexibility index (Phi) is 4.34. The van der Waals surface area contributed by atoms with Gasteiger partial charge < -0.3 is 9.47 Å². The van der Waals surface area contributed by atoms with E-state index in [0.29, 0.717) is 5.75 Å². The number of benzene rings is 1. The third-order valence-electron chi connectivity index (χ3n) is 1.55. The molecule has 1 aromatic rings. The van der Waals surface area contributed by atoms with Gasteiger partial charge in [0.25, 0.3) is 0 Å². The molecular weight excluding hydrogens is 196 g/mol. The van der Waals surface area contributed by atoms with Crippen LogP contribution in [0.5, 0.6) is 5.75 Å². The molecule has 1 rings (SSSR count). The van der Waals surface area contributed by atoms with Crippen LogP contribution < -0.4 is 4.74 Å². The van der Waals surface area contributed by atoms with E-state index in [0.717, 1.165) is 0 Å². The Morgan fingerprint density at radius 1 is 1.27 bits per heavy atom. The van der Waals surface area contributed by atoms with Gasteiger partial charge in [0.05, 0.1) is 6.42 Å². The van der Waals surface area contributed by atoms with Crippen LogP contribution in [0.4, 0.5) is 0 Å². The summed E-state index contributed by atoms with van der Waals surface area (Å²) in [6.07, 6.45) is 1.17. The Balaban J connectivity index is 2.32. The van der Waals surface area contributed by atoms with Crippen LogP contribution >= 0.6 is 0 Å². The van der Waals surface area contributed by atoms with Gasteiger partial charge in [-0.05, 0) is 12.1 Å². The van der Waals surface area contributed by atoms with E-state index in [1.165, 1.54) is 13.3 Å². The fourth-order valence-corrected chi connectivity index (χ4v) is 0.860. The van der Waals surface area contributed by atoms with Crippen molar-refractivity contribution in [1.29, 1.82) is 0 Å². The molecule has 0 amide bonds. The molecule has 15 heavy (non-hydrogen) atoms. The van der Waals surface area contributed by atoms with Crippen molar-refractivity contribution in [2.75, 3.05) is 6.61 Å². The van der Waals surface area contributed by atoms with Gasteiger partial charge in [0.2, 0.25) is 0 Å². The molecule has 1 aromatic carbocycles. The monoisotopic (exact) mass is 207 g/mol. The molecule has 0 saturated carbocycles. The van der Waals surface area contributed by atoms with Crippen molar-refractivity contribution in [2.24, 2.45) is 0 Å². The van der Waals surface area contributed by atoms with Crippen LogP contribution in [-0.4, -0.2) is 18.5 Å². The molecule has 0 N–H and O–H groups in total. The first-order chi connectivity index (χ1) is 7.22. The van der Waals surface area contributed by atoms with Gasteiger partial charge in [-0.3, -0.25) is 4.79 Å². The maximum atomic E-state index is 11.0. The molecule has 79 valence electrons. The first kappa shape index (κ1) is 11.2. The molecule has 4 heteroatoms. The van der Waals surface area contributed by atoms with Crippen LogP contribution in [0.15, 0.2) is 30.3 Å². The molecule has 0 aromatic heterocycles. The van der Waals surface area contributed by atoms with Crippen molar-refractivity contribution in [2.45, 2.75) is 6.92 Å². The number of carbonyl (C=O) groups is 2. The van der Waals surface area contributed by atoms with Gasteiger partial charge in [-0.15, -0.1) is 0 Å². The number of hydrogen-bond acceptors (Lipinski definition) is 4. The zero-order valence-electron chi connectivity index (χ0n) is 8.30. The lowest BCUT2D eigenvalue weighted by molar-refractivity contribution is -0.158. The van der Waals surface area contributed by atoms with Crippen LogP contribution in [0.1, 0.15) is 6.92 Å². The number of esters is 2. The minimum Gasteiger partial charge on any atom is -0.482 e. The zero-order chi connectivity index (χ0) is 11.1. The highest BCUT2D eigenvalue weighted by atomic mass is 16.6. The summed E-state index contributed by atoms with van der Waals surface area (Å²) in [4.78, 5) is 21.7. The Labute approximate surface area is 87.8 Å². The smallest absolute Gasteiger partial charge is 0.351 e. The van der Waals surface area contributed by atoms with Gasteiger partial charge in [-0.2, -0.15) is 0 Å². The number of hydrogen-bond donors (Lipinski definition) is 0. The molecule has 4 nitrogen and oxygen atoms in total. The molecule has 0 heterocycles.